The molecule has 6 heteroatoms. The Balaban J connectivity index is 1.59. The van der Waals surface area contributed by atoms with Crippen molar-refractivity contribution in [2.24, 2.45) is 5.92 Å². The third-order valence-corrected chi connectivity index (χ3v) is 5.95. The molecule has 1 fully saturated rings. The van der Waals surface area contributed by atoms with Crippen LogP contribution < -0.4 is 0 Å². The fraction of sp³-hybridized carbons (Fsp3) is 0.632. The van der Waals surface area contributed by atoms with Crippen molar-refractivity contribution in [2.45, 2.75) is 71.0 Å². The quantitative estimate of drug-likeness (QED) is 0.583. The van der Waals surface area contributed by atoms with Gasteiger partial charge in [-0.2, -0.15) is 0 Å². The molecule has 0 aromatic carbocycles. The predicted molar refractivity (Wildman–Crippen MR) is 101 cm³/mol. The molecule has 0 amide bonds. The van der Waals surface area contributed by atoms with Crippen molar-refractivity contribution in [1.82, 2.24) is 19.7 Å². The number of ketones is 1. The molecular formula is C19H28N4OS. The lowest BCUT2D eigenvalue weighted by Gasteiger charge is -2.13. The Morgan fingerprint density at radius 3 is 2.72 bits per heavy atom. The largest absolute Gasteiger partial charge is 0.346 e. The summed E-state index contributed by atoms with van der Waals surface area (Å²) in [5.41, 5.74) is 3.01. The van der Waals surface area contributed by atoms with Crippen LogP contribution in [0.4, 0.5) is 0 Å². The highest BCUT2D eigenvalue weighted by molar-refractivity contribution is 7.99. The Kier molecular flexibility index (Phi) is 5.67. The summed E-state index contributed by atoms with van der Waals surface area (Å²) in [5, 5.41) is 7.98. The molecule has 0 aliphatic heterocycles. The zero-order chi connectivity index (χ0) is 18.0. The fourth-order valence-electron chi connectivity index (χ4n) is 3.98. The topological polar surface area (TPSA) is 63.6 Å². The molecule has 1 N–H and O–H groups in total. The second kappa shape index (κ2) is 7.77. The molecule has 0 bridgehead atoms. The number of aromatic amines is 1. The van der Waals surface area contributed by atoms with Crippen LogP contribution in [0.3, 0.4) is 0 Å². The lowest BCUT2D eigenvalue weighted by atomic mass is 10.0. The smallest absolute Gasteiger partial charge is 0.208 e. The summed E-state index contributed by atoms with van der Waals surface area (Å²) in [7, 11) is 0. The van der Waals surface area contributed by atoms with E-state index in [-0.39, 0.29) is 5.78 Å². The van der Waals surface area contributed by atoms with Crippen molar-refractivity contribution in [1.29, 1.82) is 0 Å². The standard InChI is InChI=1S/C19H28N4OS/c1-12(2)23-13(3)9-16(14(23)4)17(24)11-25-19-20-18(21-22-19)10-15-7-5-6-8-15/h9,12,15H,5-8,10-11H2,1-4H3,(H,20,21,22). The van der Waals surface area contributed by atoms with Gasteiger partial charge in [0.2, 0.25) is 5.16 Å². The molecule has 0 unspecified atom stereocenters. The number of nitrogens with zero attached hydrogens (tertiary/aromatic N) is 3. The number of H-pyrrole nitrogens is 1. The molecule has 136 valence electrons. The number of aromatic nitrogens is 4. The van der Waals surface area contributed by atoms with Gasteiger partial charge in [0, 0.05) is 29.4 Å². The maximum Gasteiger partial charge on any atom is 0.208 e. The molecule has 1 aliphatic rings. The van der Waals surface area contributed by atoms with Gasteiger partial charge in [-0.25, -0.2) is 4.98 Å². The third-order valence-electron chi connectivity index (χ3n) is 5.10. The Labute approximate surface area is 154 Å². The number of rotatable bonds is 7. The van der Waals surface area contributed by atoms with Crippen LogP contribution in [0.1, 0.15) is 73.1 Å². The molecule has 5 nitrogen and oxygen atoms in total. The van der Waals surface area contributed by atoms with Crippen molar-refractivity contribution in [3.8, 4) is 0 Å². The van der Waals surface area contributed by atoms with Crippen LogP contribution in [-0.4, -0.2) is 31.3 Å². The van der Waals surface area contributed by atoms with Crippen molar-refractivity contribution >= 4 is 17.5 Å². The lowest BCUT2D eigenvalue weighted by Crippen LogP contribution is -2.08. The number of carbonyl (C=O) groups excluding carboxylic acids is 1. The summed E-state index contributed by atoms with van der Waals surface area (Å²) >= 11 is 1.42. The van der Waals surface area contributed by atoms with Crippen molar-refractivity contribution < 1.29 is 4.79 Å². The van der Waals surface area contributed by atoms with Gasteiger partial charge in [0.1, 0.15) is 5.82 Å². The molecule has 2 aromatic heterocycles. The molecule has 1 saturated carbocycles. The van der Waals surface area contributed by atoms with E-state index < -0.39 is 0 Å². The van der Waals surface area contributed by atoms with Gasteiger partial charge in [0.25, 0.3) is 0 Å². The minimum absolute atomic E-state index is 0.146. The molecular weight excluding hydrogens is 332 g/mol. The molecule has 25 heavy (non-hydrogen) atoms. The van der Waals surface area contributed by atoms with Gasteiger partial charge in [-0.15, -0.1) is 5.10 Å². The highest BCUT2D eigenvalue weighted by Crippen LogP contribution is 2.28. The van der Waals surface area contributed by atoms with E-state index in [1.807, 2.05) is 13.0 Å². The maximum atomic E-state index is 12.6. The van der Waals surface area contributed by atoms with Crippen LogP contribution in [0, 0.1) is 19.8 Å². The number of carbonyl (C=O) groups is 1. The van der Waals surface area contributed by atoms with Gasteiger partial charge in [-0.3, -0.25) is 9.89 Å². The molecule has 0 radical (unpaired) electrons. The normalized spacial score (nSPS) is 15.4. The van der Waals surface area contributed by atoms with Gasteiger partial charge >= 0.3 is 0 Å². The molecule has 2 heterocycles. The lowest BCUT2D eigenvalue weighted by molar-refractivity contribution is 0.102. The number of hydrogen-bond acceptors (Lipinski definition) is 4. The molecule has 0 spiro atoms. The van der Waals surface area contributed by atoms with Crippen LogP contribution in [0.25, 0.3) is 0 Å². The molecule has 3 rings (SSSR count). The van der Waals surface area contributed by atoms with E-state index in [0.29, 0.717) is 17.0 Å². The first kappa shape index (κ1) is 18.2. The average molecular weight is 361 g/mol. The second-order valence-electron chi connectivity index (χ2n) is 7.38. The van der Waals surface area contributed by atoms with E-state index in [2.05, 4.69) is 40.5 Å². The summed E-state index contributed by atoms with van der Waals surface area (Å²) in [6.07, 6.45) is 6.25. The SMILES string of the molecule is Cc1cc(C(=O)CSc2n[nH]c(CC3CCCC3)n2)c(C)n1C(C)C. The van der Waals surface area contributed by atoms with E-state index in [1.165, 1.54) is 37.4 Å². The first-order chi connectivity index (χ1) is 12.0. The van der Waals surface area contributed by atoms with Gasteiger partial charge in [-0.05, 0) is 39.7 Å². The Morgan fingerprint density at radius 2 is 2.08 bits per heavy atom. The Hall–Kier alpha value is -1.56. The van der Waals surface area contributed by atoms with E-state index in [0.717, 1.165) is 35.1 Å². The predicted octanol–water partition coefficient (Wildman–Crippen LogP) is 4.51. The highest BCUT2D eigenvalue weighted by atomic mass is 32.2. The van der Waals surface area contributed by atoms with Crippen molar-refractivity contribution in [3.05, 3.63) is 28.8 Å². The van der Waals surface area contributed by atoms with E-state index in [1.54, 1.807) is 0 Å². The number of nitrogens with one attached hydrogen (secondary N) is 1. The number of thioether (sulfide) groups is 1. The first-order valence-electron chi connectivity index (χ1n) is 9.21. The zero-order valence-electron chi connectivity index (χ0n) is 15.6. The molecule has 1 aliphatic carbocycles. The van der Waals surface area contributed by atoms with Crippen LogP contribution in [0.15, 0.2) is 11.2 Å². The van der Waals surface area contributed by atoms with Crippen LogP contribution in [0.2, 0.25) is 0 Å². The van der Waals surface area contributed by atoms with Crippen LogP contribution in [-0.2, 0) is 6.42 Å². The van der Waals surface area contributed by atoms with Gasteiger partial charge < -0.3 is 4.57 Å². The fourth-order valence-corrected chi connectivity index (χ4v) is 4.68. The Bertz CT molecular complexity index is 741. The minimum atomic E-state index is 0.146. The number of hydrogen-bond donors (Lipinski definition) is 1. The second-order valence-corrected chi connectivity index (χ2v) is 8.32. The third kappa shape index (κ3) is 4.17. The van der Waals surface area contributed by atoms with E-state index in [4.69, 9.17) is 0 Å². The van der Waals surface area contributed by atoms with Crippen LogP contribution in [0.5, 0.6) is 0 Å². The van der Waals surface area contributed by atoms with Gasteiger partial charge in [0.15, 0.2) is 5.78 Å². The van der Waals surface area contributed by atoms with Crippen LogP contribution >= 0.6 is 11.8 Å². The van der Waals surface area contributed by atoms with E-state index in [9.17, 15) is 4.79 Å². The summed E-state index contributed by atoms with van der Waals surface area (Å²) in [6.45, 7) is 8.37. The first-order valence-corrected chi connectivity index (χ1v) is 10.2. The van der Waals surface area contributed by atoms with Gasteiger partial charge in [0.05, 0.1) is 5.75 Å². The molecule has 0 saturated heterocycles. The number of Topliss-reactive ketones (excluding diaryl/α,β-unsaturated/α-hetero) is 1. The molecule has 2 aromatic rings. The van der Waals surface area contributed by atoms with E-state index >= 15 is 0 Å². The average Bonchev–Trinajstić information content (AvgIpc) is 3.27. The van der Waals surface area contributed by atoms with Crippen molar-refractivity contribution in [2.75, 3.05) is 5.75 Å². The summed E-state index contributed by atoms with van der Waals surface area (Å²) < 4.78 is 2.21. The maximum absolute atomic E-state index is 12.6. The van der Waals surface area contributed by atoms with Crippen molar-refractivity contribution in [3.63, 3.8) is 0 Å². The minimum Gasteiger partial charge on any atom is -0.346 e. The summed E-state index contributed by atoms with van der Waals surface area (Å²) in [5.74, 6) is 2.23. The van der Waals surface area contributed by atoms with Gasteiger partial charge in [-0.1, -0.05) is 37.4 Å². The molecule has 0 atom stereocenters. The zero-order valence-corrected chi connectivity index (χ0v) is 16.4. The highest BCUT2D eigenvalue weighted by Gasteiger charge is 2.19. The monoisotopic (exact) mass is 360 g/mol. The Morgan fingerprint density at radius 1 is 1.36 bits per heavy atom. The summed E-state index contributed by atoms with van der Waals surface area (Å²) in [6, 6.07) is 2.36. The summed E-state index contributed by atoms with van der Waals surface area (Å²) in [4.78, 5) is 17.2. The number of aryl methyl sites for hydroxylation is 1.